The first kappa shape index (κ1) is 19.0. The highest BCUT2D eigenvalue weighted by atomic mass is 18.2. The number of hydrogen-bond acceptors (Lipinski definition) is 5. The number of hydrogen-bond donors (Lipinski definition) is 4. The lowest BCUT2D eigenvalue weighted by Crippen LogP contribution is -2.32. The quantitative estimate of drug-likeness (QED) is 0.560. The molecule has 0 aromatic heterocycles. The van der Waals surface area contributed by atoms with Crippen LogP contribution in [0.5, 0.6) is 17.2 Å². The number of nitrogens with one attached hydrogen (secondary N) is 1. The minimum Gasteiger partial charge on any atom is -0.508 e. The molecule has 0 spiro atoms. The maximum Gasteiger partial charge on any atom is 0.123 e. The molecule has 0 saturated heterocycles. The number of ether oxygens (including phenoxy) is 1. The highest BCUT2D eigenvalue weighted by molar-refractivity contribution is 5.37. The van der Waals surface area contributed by atoms with Crippen LogP contribution in [0, 0.1) is 0 Å². The van der Waals surface area contributed by atoms with Gasteiger partial charge in [0, 0.05) is 18.7 Å². The fourth-order valence-corrected chi connectivity index (χ4v) is 2.55. The molecule has 0 saturated carbocycles. The zero-order chi connectivity index (χ0) is 18.2. The van der Waals surface area contributed by atoms with Crippen molar-refractivity contribution in [3.05, 3.63) is 53.6 Å². The summed E-state index contributed by atoms with van der Waals surface area (Å²) < 4.78 is 17.3. The van der Waals surface area contributed by atoms with Crippen molar-refractivity contribution < 1.29 is 24.4 Å². The van der Waals surface area contributed by atoms with Crippen molar-refractivity contribution in [3.63, 3.8) is 0 Å². The fraction of sp³-hybridized carbons (Fsp3) is 0.368. The van der Waals surface area contributed by atoms with Gasteiger partial charge in [0.1, 0.15) is 30.5 Å². The molecule has 136 valence electrons. The number of alkyl halides is 1. The van der Waals surface area contributed by atoms with Gasteiger partial charge in [0.25, 0.3) is 0 Å². The fourth-order valence-electron chi connectivity index (χ4n) is 2.55. The van der Waals surface area contributed by atoms with Gasteiger partial charge in [-0.15, -0.1) is 0 Å². The number of aromatic hydroxyl groups is 2. The van der Waals surface area contributed by atoms with Crippen molar-refractivity contribution in [3.8, 4) is 17.2 Å². The van der Waals surface area contributed by atoms with E-state index in [4.69, 9.17) is 4.74 Å². The van der Waals surface area contributed by atoms with E-state index in [9.17, 15) is 19.7 Å². The van der Waals surface area contributed by atoms with Crippen molar-refractivity contribution in [1.82, 2.24) is 5.32 Å². The number of phenolic OH excluding ortho intramolecular Hbond substituents is 2. The Balaban J connectivity index is 1.82. The van der Waals surface area contributed by atoms with E-state index in [1.165, 1.54) is 18.2 Å². The molecule has 2 aromatic carbocycles. The summed E-state index contributed by atoms with van der Waals surface area (Å²) in [7, 11) is 0. The Hall–Kier alpha value is -2.31. The van der Waals surface area contributed by atoms with Gasteiger partial charge in [-0.1, -0.05) is 12.1 Å². The van der Waals surface area contributed by atoms with Crippen LogP contribution >= 0.6 is 0 Å². The van der Waals surface area contributed by atoms with Crippen molar-refractivity contribution in [2.75, 3.05) is 19.8 Å². The largest absolute Gasteiger partial charge is 0.508 e. The summed E-state index contributed by atoms with van der Waals surface area (Å²) in [6.45, 7) is 1.84. The second-order valence-electron chi connectivity index (χ2n) is 5.99. The molecule has 4 N–H and O–H groups in total. The van der Waals surface area contributed by atoms with Crippen LogP contribution in [0.15, 0.2) is 42.5 Å². The van der Waals surface area contributed by atoms with E-state index in [-0.39, 0.29) is 24.1 Å². The number of aliphatic hydroxyl groups excluding tert-OH is 1. The molecule has 0 heterocycles. The van der Waals surface area contributed by atoms with Gasteiger partial charge >= 0.3 is 0 Å². The van der Waals surface area contributed by atoms with E-state index in [0.717, 1.165) is 12.0 Å². The van der Waals surface area contributed by atoms with Gasteiger partial charge in [0.2, 0.25) is 0 Å². The lowest BCUT2D eigenvalue weighted by molar-refractivity contribution is 0.170. The Bertz CT molecular complexity index is 643. The van der Waals surface area contributed by atoms with E-state index in [0.29, 0.717) is 17.9 Å². The average Bonchev–Trinajstić information content (AvgIpc) is 2.58. The lowest BCUT2D eigenvalue weighted by Gasteiger charge is -2.18. The van der Waals surface area contributed by atoms with Gasteiger partial charge in [-0.05, 0) is 48.7 Å². The van der Waals surface area contributed by atoms with Crippen LogP contribution in [0.4, 0.5) is 4.39 Å². The second-order valence-corrected chi connectivity index (χ2v) is 5.99. The van der Waals surface area contributed by atoms with Gasteiger partial charge in [0.05, 0.1) is 6.10 Å². The number of benzene rings is 2. The number of rotatable bonds is 9. The molecule has 0 amide bonds. The van der Waals surface area contributed by atoms with Crippen molar-refractivity contribution >= 4 is 0 Å². The zero-order valence-corrected chi connectivity index (χ0v) is 14.2. The summed E-state index contributed by atoms with van der Waals surface area (Å²) in [6, 6.07) is 11.6. The Morgan fingerprint density at radius 1 is 1.08 bits per heavy atom. The van der Waals surface area contributed by atoms with Crippen molar-refractivity contribution in [2.24, 2.45) is 0 Å². The first-order valence-electron chi connectivity index (χ1n) is 8.20. The monoisotopic (exact) mass is 348 g/mol. The van der Waals surface area contributed by atoms with Gasteiger partial charge in [-0.2, -0.15) is 0 Å². The van der Waals surface area contributed by atoms with Crippen molar-refractivity contribution in [2.45, 2.75) is 25.5 Å². The Labute approximate surface area is 146 Å². The first-order valence-corrected chi connectivity index (χ1v) is 8.20. The highest BCUT2D eigenvalue weighted by Gasteiger charge is 2.12. The van der Waals surface area contributed by atoms with E-state index in [2.05, 4.69) is 5.32 Å². The molecule has 0 aliphatic heterocycles. The maximum atomic E-state index is 12.1. The highest BCUT2D eigenvalue weighted by Crippen LogP contribution is 2.24. The minimum atomic E-state index is -0.836. The predicted molar refractivity (Wildman–Crippen MR) is 93.8 cm³/mol. The molecule has 6 heteroatoms. The molecule has 5 nitrogen and oxygen atoms in total. The molecule has 0 unspecified atom stereocenters. The van der Waals surface area contributed by atoms with Crippen LogP contribution in [0.2, 0.25) is 0 Å². The number of aliphatic hydroxyl groups is 1. The van der Waals surface area contributed by atoms with E-state index >= 15 is 0 Å². The molecule has 0 fully saturated rings. The molecular weight excluding hydrogens is 324 g/mol. The summed E-state index contributed by atoms with van der Waals surface area (Å²) in [5.41, 5.74) is 1.55. The summed E-state index contributed by atoms with van der Waals surface area (Å²) in [5, 5.41) is 32.3. The van der Waals surface area contributed by atoms with Crippen LogP contribution in [-0.2, 0) is 6.42 Å². The lowest BCUT2D eigenvalue weighted by atomic mass is 10.1. The molecule has 0 radical (unpaired) electrons. The van der Waals surface area contributed by atoms with Gasteiger partial charge < -0.3 is 25.4 Å². The standard InChI is InChI=1S/C19H24FNO4/c1-13(8-14-2-4-18(5-3-14)25-7-6-20)21-12-19(24)15-9-16(22)11-17(23)10-15/h2-5,9-11,13,19,21-24H,6-8,12H2,1H3/t13-,19-/m1/s1/i20-1. The number of phenols is 2. The Kier molecular flexibility index (Phi) is 7.03. The van der Waals surface area contributed by atoms with Crippen LogP contribution in [0.3, 0.4) is 0 Å². The van der Waals surface area contributed by atoms with Gasteiger partial charge in [0.15, 0.2) is 0 Å². The van der Waals surface area contributed by atoms with Crippen molar-refractivity contribution in [1.29, 1.82) is 0 Å². The van der Waals surface area contributed by atoms with Crippen LogP contribution < -0.4 is 10.1 Å². The predicted octanol–water partition coefficient (Wildman–Crippen LogP) is 2.70. The SMILES string of the molecule is C[C@H](Cc1ccc(OCC[18F])cc1)NC[C@@H](O)c1cc(O)cc(O)c1. The summed E-state index contributed by atoms with van der Waals surface area (Å²) in [6.07, 6.45) is -0.0848. The third-order valence-electron chi connectivity index (χ3n) is 3.78. The summed E-state index contributed by atoms with van der Waals surface area (Å²) >= 11 is 0. The molecule has 2 rings (SSSR count). The van der Waals surface area contributed by atoms with E-state index in [1.54, 1.807) is 0 Å². The van der Waals surface area contributed by atoms with Crippen LogP contribution in [0.1, 0.15) is 24.2 Å². The molecule has 0 aliphatic carbocycles. The summed E-state index contributed by atoms with van der Waals surface area (Å²) in [4.78, 5) is 0. The molecule has 0 bridgehead atoms. The molecule has 2 aromatic rings. The second kappa shape index (κ2) is 9.25. The third kappa shape index (κ3) is 6.25. The molecule has 25 heavy (non-hydrogen) atoms. The smallest absolute Gasteiger partial charge is 0.123 e. The third-order valence-corrected chi connectivity index (χ3v) is 3.78. The Morgan fingerprint density at radius 2 is 1.72 bits per heavy atom. The maximum absolute atomic E-state index is 12.1. The van der Waals surface area contributed by atoms with Gasteiger partial charge in [-0.3, -0.25) is 0 Å². The summed E-state index contributed by atoms with van der Waals surface area (Å²) in [5.74, 6) is 0.468. The Morgan fingerprint density at radius 3 is 2.32 bits per heavy atom. The first-order chi connectivity index (χ1) is 12.0. The van der Waals surface area contributed by atoms with Crippen LogP contribution in [0.25, 0.3) is 0 Å². The van der Waals surface area contributed by atoms with Crippen LogP contribution in [-0.4, -0.2) is 41.2 Å². The van der Waals surface area contributed by atoms with E-state index < -0.39 is 12.8 Å². The topological polar surface area (TPSA) is 82.0 Å². The molecule has 0 aliphatic rings. The van der Waals surface area contributed by atoms with Gasteiger partial charge in [-0.25, -0.2) is 4.39 Å². The molecule has 2 atom stereocenters. The normalized spacial score (nSPS) is 13.4. The molecular formula is C19H24FNO4. The zero-order valence-electron chi connectivity index (χ0n) is 14.2. The average molecular weight is 348 g/mol. The minimum absolute atomic E-state index is 0.0553. The number of halogens is 1. The van der Waals surface area contributed by atoms with E-state index in [1.807, 2.05) is 31.2 Å².